The van der Waals surface area contributed by atoms with Gasteiger partial charge in [0.25, 0.3) is 0 Å². The molecule has 0 saturated heterocycles. The minimum absolute atomic E-state index is 0.0359. The fourth-order valence-electron chi connectivity index (χ4n) is 0.993. The van der Waals surface area contributed by atoms with Crippen molar-refractivity contribution in [3.05, 3.63) is 40.1 Å². The smallest absolute Gasteiger partial charge is 0.235 e. The molecule has 1 aromatic carbocycles. The van der Waals surface area contributed by atoms with Gasteiger partial charge in [-0.3, -0.25) is 10.1 Å². The molecule has 1 N–H and O–H groups in total. The Hall–Kier alpha value is -2.04. The third-order valence-corrected chi connectivity index (χ3v) is 1.59. The summed E-state index contributed by atoms with van der Waals surface area (Å²) in [6.07, 6.45) is 2.05. The first-order chi connectivity index (χ1) is 6.63. The molecule has 0 amide bonds. The standard InChI is InChI=1S/C9H9NO4/c1-14-9-3-2-8(11)6-7(9)4-5-10(12)13/h2-6,11H,1H3/b5-4+. The quantitative estimate of drug-likeness (QED) is 0.587. The number of ether oxygens (including phenoxy) is 1. The highest BCUT2D eigenvalue weighted by molar-refractivity contribution is 5.58. The lowest BCUT2D eigenvalue weighted by Crippen LogP contribution is -1.88. The third kappa shape index (κ3) is 2.48. The summed E-state index contributed by atoms with van der Waals surface area (Å²) in [5, 5.41) is 19.2. The summed E-state index contributed by atoms with van der Waals surface area (Å²) in [7, 11) is 1.45. The van der Waals surface area contributed by atoms with Gasteiger partial charge in [-0.15, -0.1) is 0 Å². The highest BCUT2D eigenvalue weighted by Crippen LogP contribution is 2.24. The average molecular weight is 195 g/mol. The van der Waals surface area contributed by atoms with Crippen LogP contribution in [-0.2, 0) is 0 Å². The van der Waals surface area contributed by atoms with Gasteiger partial charge in [0.1, 0.15) is 11.5 Å². The molecule has 14 heavy (non-hydrogen) atoms. The molecular weight excluding hydrogens is 186 g/mol. The third-order valence-electron chi connectivity index (χ3n) is 1.59. The molecule has 0 radical (unpaired) electrons. The maximum atomic E-state index is 10.1. The van der Waals surface area contributed by atoms with Crippen LogP contribution in [0.4, 0.5) is 0 Å². The number of phenols is 1. The Morgan fingerprint density at radius 3 is 2.86 bits per heavy atom. The van der Waals surface area contributed by atoms with Crippen LogP contribution in [0.15, 0.2) is 24.4 Å². The Morgan fingerprint density at radius 2 is 2.29 bits per heavy atom. The summed E-state index contributed by atoms with van der Waals surface area (Å²) in [6.45, 7) is 0. The summed E-state index contributed by atoms with van der Waals surface area (Å²) in [6, 6.07) is 4.37. The Labute approximate surface area is 80.4 Å². The summed E-state index contributed by atoms with van der Waals surface area (Å²) in [5.74, 6) is 0.509. The van der Waals surface area contributed by atoms with Crippen LogP contribution in [0.25, 0.3) is 6.08 Å². The second-order valence-electron chi connectivity index (χ2n) is 2.53. The molecule has 0 spiro atoms. The Kier molecular flexibility index (Phi) is 3.06. The predicted octanol–water partition coefficient (Wildman–Crippen LogP) is 1.65. The van der Waals surface area contributed by atoms with Crippen LogP contribution in [0.1, 0.15) is 5.56 Å². The van der Waals surface area contributed by atoms with Crippen molar-refractivity contribution in [2.24, 2.45) is 0 Å². The van der Waals surface area contributed by atoms with E-state index < -0.39 is 4.92 Å². The van der Waals surface area contributed by atoms with Gasteiger partial charge in [0, 0.05) is 11.6 Å². The van der Waals surface area contributed by atoms with E-state index in [4.69, 9.17) is 9.84 Å². The van der Waals surface area contributed by atoms with Gasteiger partial charge < -0.3 is 9.84 Å². The van der Waals surface area contributed by atoms with Crippen molar-refractivity contribution in [3.63, 3.8) is 0 Å². The molecule has 5 heteroatoms. The maximum Gasteiger partial charge on any atom is 0.235 e. The molecule has 0 atom stereocenters. The van der Waals surface area contributed by atoms with Gasteiger partial charge in [-0.1, -0.05) is 0 Å². The van der Waals surface area contributed by atoms with Crippen LogP contribution < -0.4 is 4.74 Å². The van der Waals surface area contributed by atoms with E-state index in [9.17, 15) is 10.1 Å². The number of aromatic hydroxyl groups is 1. The number of methoxy groups -OCH3 is 1. The fraction of sp³-hybridized carbons (Fsp3) is 0.111. The molecule has 0 aliphatic rings. The summed E-state index contributed by atoms with van der Waals surface area (Å²) < 4.78 is 4.95. The molecule has 0 bridgehead atoms. The van der Waals surface area contributed by atoms with Crippen molar-refractivity contribution in [2.75, 3.05) is 7.11 Å². The SMILES string of the molecule is COc1ccc(O)cc1/C=C/[N+](=O)[O-]. The zero-order valence-corrected chi connectivity index (χ0v) is 7.51. The molecule has 0 aliphatic heterocycles. The largest absolute Gasteiger partial charge is 0.508 e. The fourth-order valence-corrected chi connectivity index (χ4v) is 0.993. The lowest BCUT2D eigenvalue weighted by Gasteiger charge is -2.03. The second kappa shape index (κ2) is 4.27. The summed E-state index contributed by atoms with van der Waals surface area (Å²) in [4.78, 5) is 9.49. The lowest BCUT2D eigenvalue weighted by molar-refractivity contribution is -0.400. The van der Waals surface area contributed by atoms with Gasteiger partial charge in [-0.05, 0) is 18.2 Å². The number of nitrogens with zero attached hydrogens (tertiary/aromatic N) is 1. The number of hydrogen-bond acceptors (Lipinski definition) is 4. The van der Waals surface area contributed by atoms with Crippen LogP contribution in [0.5, 0.6) is 11.5 Å². The topological polar surface area (TPSA) is 72.6 Å². The van der Waals surface area contributed by atoms with Crippen molar-refractivity contribution >= 4 is 6.08 Å². The Bertz CT molecular complexity index is 373. The highest BCUT2D eigenvalue weighted by atomic mass is 16.6. The molecule has 0 aromatic heterocycles. The monoisotopic (exact) mass is 195 g/mol. The zero-order valence-electron chi connectivity index (χ0n) is 7.51. The number of rotatable bonds is 3. The van der Waals surface area contributed by atoms with Crippen molar-refractivity contribution < 1.29 is 14.8 Å². The molecule has 1 aromatic rings. The van der Waals surface area contributed by atoms with Crippen molar-refractivity contribution in [1.29, 1.82) is 0 Å². The highest BCUT2D eigenvalue weighted by Gasteiger charge is 2.01. The van der Waals surface area contributed by atoms with Crippen LogP contribution in [-0.4, -0.2) is 17.1 Å². The second-order valence-corrected chi connectivity index (χ2v) is 2.53. The van der Waals surface area contributed by atoms with Crippen LogP contribution >= 0.6 is 0 Å². The van der Waals surface area contributed by atoms with E-state index >= 15 is 0 Å². The van der Waals surface area contributed by atoms with Gasteiger partial charge in [0.15, 0.2) is 0 Å². The van der Waals surface area contributed by atoms with Gasteiger partial charge in [-0.2, -0.15) is 0 Å². The van der Waals surface area contributed by atoms with E-state index in [0.717, 1.165) is 6.20 Å². The Morgan fingerprint density at radius 1 is 1.57 bits per heavy atom. The summed E-state index contributed by atoms with van der Waals surface area (Å²) >= 11 is 0. The van der Waals surface area contributed by atoms with Crippen molar-refractivity contribution in [3.8, 4) is 11.5 Å². The number of benzene rings is 1. The van der Waals surface area contributed by atoms with E-state index in [1.807, 2.05) is 0 Å². The first-order valence-corrected chi connectivity index (χ1v) is 3.82. The van der Waals surface area contributed by atoms with Crippen molar-refractivity contribution in [1.82, 2.24) is 0 Å². The maximum absolute atomic E-state index is 10.1. The molecule has 1 rings (SSSR count). The molecule has 0 saturated carbocycles. The average Bonchev–Trinajstić information content (AvgIpc) is 2.15. The normalized spacial score (nSPS) is 10.4. The van der Waals surface area contributed by atoms with E-state index in [1.165, 1.54) is 31.4 Å². The zero-order chi connectivity index (χ0) is 10.6. The lowest BCUT2D eigenvalue weighted by atomic mass is 10.2. The van der Waals surface area contributed by atoms with Gasteiger partial charge in [0.2, 0.25) is 6.20 Å². The summed E-state index contributed by atoms with van der Waals surface area (Å²) in [5.41, 5.74) is 0.462. The minimum Gasteiger partial charge on any atom is -0.508 e. The van der Waals surface area contributed by atoms with Crippen LogP contribution in [0, 0.1) is 10.1 Å². The first kappa shape index (κ1) is 10.0. The van der Waals surface area contributed by atoms with Gasteiger partial charge in [0.05, 0.1) is 12.0 Å². The van der Waals surface area contributed by atoms with Crippen LogP contribution in [0.2, 0.25) is 0 Å². The molecule has 0 unspecified atom stereocenters. The Balaban J connectivity index is 3.04. The molecule has 5 nitrogen and oxygen atoms in total. The molecule has 0 aliphatic carbocycles. The van der Waals surface area contributed by atoms with E-state index in [0.29, 0.717) is 11.3 Å². The van der Waals surface area contributed by atoms with Crippen molar-refractivity contribution in [2.45, 2.75) is 0 Å². The molecule has 0 heterocycles. The molecular formula is C9H9NO4. The van der Waals surface area contributed by atoms with E-state index in [-0.39, 0.29) is 5.75 Å². The van der Waals surface area contributed by atoms with Crippen LogP contribution in [0.3, 0.4) is 0 Å². The van der Waals surface area contributed by atoms with E-state index in [2.05, 4.69) is 0 Å². The van der Waals surface area contributed by atoms with E-state index in [1.54, 1.807) is 0 Å². The van der Waals surface area contributed by atoms with Gasteiger partial charge >= 0.3 is 0 Å². The molecule has 0 fully saturated rings. The minimum atomic E-state index is -0.580. The number of phenolic OH excluding ortho intramolecular Hbond substituents is 1. The van der Waals surface area contributed by atoms with Gasteiger partial charge in [-0.25, -0.2) is 0 Å². The first-order valence-electron chi connectivity index (χ1n) is 3.82. The predicted molar refractivity (Wildman–Crippen MR) is 50.7 cm³/mol. The number of hydrogen-bond donors (Lipinski definition) is 1. The number of nitro groups is 1. The molecule has 74 valence electrons.